The molecule has 3 rings (SSSR count). The fourth-order valence-corrected chi connectivity index (χ4v) is 2.56. The summed E-state index contributed by atoms with van der Waals surface area (Å²) in [6.07, 6.45) is 0. The van der Waals surface area contributed by atoms with Crippen molar-refractivity contribution in [1.29, 1.82) is 0 Å². The highest BCUT2D eigenvalue weighted by molar-refractivity contribution is 6.07. The number of phenols is 1. The van der Waals surface area contributed by atoms with E-state index in [9.17, 15) is 23.5 Å². The molecule has 0 radical (unpaired) electrons. The van der Waals surface area contributed by atoms with E-state index < -0.39 is 23.4 Å². The lowest BCUT2D eigenvalue weighted by Crippen LogP contribution is -2.14. The van der Waals surface area contributed by atoms with Gasteiger partial charge in [-0.25, -0.2) is 8.78 Å². The number of carbonyl (C=O) groups excluding carboxylic acids is 2. The number of methoxy groups -OCH3 is 1. The topological polar surface area (TPSA) is 87.7 Å². The Hall–Kier alpha value is -3.94. The molecule has 0 saturated carbocycles. The van der Waals surface area contributed by atoms with Crippen LogP contribution in [0.5, 0.6) is 11.5 Å². The monoisotopic (exact) mass is 398 g/mol. The Bertz CT molecular complexity index is 1050. The zero-order valence-corrected chi connectivity index (χ0v) is 15.2. The molecule has 0 aliphatic rings. The molecule has 8 heteroatoms. The van der Waals surface area contributed by atoms with Gasteiger partial charge in [0.25, 0.3) is 11.8 Å². The van der Waals surface area contributed by atoms with Crippen molar-refractivity contribution in [3.05, 3.63) is 83.4 Å². The van der Waals surface area contributed by atoms with Gasteiger partial charge in [0.15, 0.2) is 0 Å². The second-order valence-corrected chi connectivity index (χ2v) is 6.03. The Morgan fingerprint density at radius 3 is 2.00 bits per heavy atom. The lowest BCUT2D eigenvalue weighted by molar-refractivity contribution is 0.101. The number of hydrogen-bond acceptors (Lipinski definition) is 4. The van der Waals surface area contributed by atoms with Crippen molar-refractivity contribution in [2.24, 2.45) is 0 Å². The van der Waals surface area contributed by atoms with Crippen LogP contribution in [0.4, 0.5) is 20.2 Å². The van der Waals surface area contributed by atoms with E-state index in [1.165, 1.54) is 19.2 Å². The molecule has 3 aromatic carbocycles. The first-order chi connectivity index (χ1) is 13.9. The number of ether oxygens (including phenoxy) is 1. The van der Waals surface area contributed by atoms with Gasteiger partial charge in [-0.15, -0.1) is 0 Å². The molecule has 0 atom stereocenters. The third-order valence-corrected chi connectivity index (χ3v) is 3.97. The van der Waals surface area contributed by atoms with Gasteiger partial charge in [0, 0.05) is 29.1 Å². The lowest BCUT2D eigenvalue weighted by Gasteiger charge is -2.10. The van der Waals surface area contributed by atoms with Crippen molar-refractivity contribution < 1.29 is 28.2 Å². The molecule has 0 heterocycles. The molecule has 29 heavy (non-hydrogen) atoms. The average molecular weight is 398 g/mol. The maximum atomic E-state index is 13.2. The van der Waals surface area contributed by atoms with Gasteiger partial charge in [0.2, 0.25) is 0 Å². The Kier molecular flexibility index (Phi) is 5.73. The van der Waals surface area contributed by atoms with E-state index in [0.717, 1.165) is 18.2 Å². The van der Waals surface area contributed by atoms with Crippen molar-refractivity contribution in [2.75, 3.05) is 17.7 Å². The summed E-state index contributed by atoms with van der Waals surface area (Å²) in [5.41, 5.74) is 0.415. The third-order valence-electron chi connectivity index (χ3n) is 3.97. The van der Waals surface area contributed by atoms with Gasteiger partial charge in [0.1, 0.15) is 23.1 Å². The number of amides is 2. The highest BCUT2D eigenvalue weighted by Crippen LogP contribution is 2.24. The molecule has 3 aromatic rings. The Morgan fingerprint density at radius 1 is 0.828 bits per heavy atom. The predicted octanol–water partition coefficient (Wildman–Crippen LogP) is 4.18. The number of anilines is 2. The molecule has 6 nitrogen and oxygen atoms in total. The standard InChI is InChI=1S/C21H16F2N2O4/c1-29-17-5-2-15(3-6-17)24-21(28)18-7-4-16(11-19(18)26)25-20(27)12-8-13(22)10-14(23)9-12/h2-11,26H,1H3,(H,24,28)(H,25,27). The molecule has 0 unspecified atom stereocenters. The average Bonchev–Trinajstić information content (AvgIpc) is 2.67. The minimum absolute atomic E-state index is 0.0179. The van der Waals surface area contributed by atoms with Crippen LogP contribution in [0.2, 0.25) is 0 Å². The van der Waals surface area contributed by atoms with Crippen molar-refractivity contribution >= 4 is 23.2 Å². The Morgan fingerprint density at radius 2 is 1.41 bits per heavy atom. The summed E-state index contributed by atoms with van der Waals surface area (Å²) in [5, 5.41) is 15.2. The summed E-state index contributed by atoms with van der Waals surface area (Å²) < 4.78 is 31.5. The van der Waals surface area contributed by atoms with Crippen LogP contribution in [0.25, 0.3) is 0 Å². The smallest absolute Gasteiger partial charge is 0.259 e. The molecule has 0 fully saturated rings. The summed E-state index contributed by atoms with van der Waals surface area (Å²) in [7, 11) is 1.52. The molecule has 0 aliphatic carbocycles. The van der Waals surface area contributed by atoms with E-state index >= 15 is 0 Å². The second-order valence-electron chi connectivity index (χ2n) is 6.03. The maximum Gasteiger partial charge on any atom is 0.259 e. The van der Waals surface area contributed by atoms with Crippen molar-refractivity contribution in [1.82, 2.24) is 0 Å². The van der Waals surface area contributed by atoms with Crippen LogP contribution in [0.1, 0.15) is 20.7 Å². The number of rotatable bonds is 5. The predicted molar refractivity (Wildman–Crippen MR) is 103 cm³/mol. The number of nitrogens with one attached hydrogen (secondary N) is 2. The van der Waals surface area contributed by atoms with E-state index in [1.807, 2.05) is 0 Å². The molecule has 0 aromatic heterocycles. The first-order valence-corrected chi connectivity index (χ1v) is 8.41. The van der Waals surface area contributed by atoms with E-state index in [0.29, 0.717) is 17.5 Å². The van der Waals surface area contributed by atoms with Crippen molar-refractivity contribution in [3.63, 3.8) is 0 Å². The van der Waals surface area contributed by atoms with Gasteiger partial charge >= 0.3 is 0 Å². The Labute approximate surface area is 164 Å². The first kappa shape index (κ1) is 19.8. The van der Waals surface area contributed by atoms with E-state index in [2.05, 4.69) is 10.6 Å². The molecule has 148 valence electrons. The highest BCUT2D eigenvalue weighted by atomic mass is 19.1. The SMILES string of the molecule is COc1ccc(NC(=O)c2ccc(NC(=O)c3cc(F)cc(F)c3)cc2O)cc1. The minimum atomic E-state index is -0.886. The van der Waals surface area contributed by atoms with Gasteiger partial charge in [-0.05, 0) is 48.5 Å². The summed E-state index contributed by atoms with van der Waals surface area (Å²) >= 11 is 0. The summed E-state index contributed by atoms with van der Waals surface area (Å²) in [6.45, 7) is 0. The van der Waals surface area contributed by atoms with Crippen LogP contribution in [-0.4, -0.2) is 24.0 Å². The van der Waals surface area contributed by atoms with Crippen LogP contribution in [0, 0.1) is 11.6 Å². The normalized spacial score (nSPS) is 10.3. The number of phenolic OH excluding ortho intramolecular Hbond substituents is 1. The van der Waals surface area contributed by atoms with Gasteiger partial charge in [0.05, 0.1) is 12.7 Å². The Balaban J connectivity index is 1.71. The molecule has 0 bridgehead atoms. The summed E-state index contributed by atoms with van der Waals surface area (Å²) in [6, 6.07) is 12.9. The van der Waals surface area contributed by atoms with Crippen LogP contribution in [-0.2, 0) is 0 Å². The number of hydrogen-bond donors (Lipinski definition) is 3. The van der Waals surface area contributed by atoms with E-state index in [-0.39, 0.29) is 22.6 Å². The summed E-state index contributed by atoms with van der Waals surface area (Å²) in [4.78, 5) is 24.5. The second kappa shape index (κ2) is 8.39. The minimum Gasteiger partial charge on any atom is -0.507 e. The lowest BCUT2D eigenvalue weighted by atomic mass is 10.1. The van der Waals surface area contributed by atoms with Gasteiger partial charge in [-0.2, -0.15) is 0 Å². The molecular formula is C21H16F2N2O4. The number of benzene rings is 3. The molecule has 0 spiro atoms. The third kappa shape index (κ3) is 4.86. The van der Waals surface area contributed by atoms with Crippen molar-refractivity contribution in [2.45, 2.75) is 0 Å². The zero-order chi connectivity index (χ0) is 21.0. The van der Waals surface area contributed by atoms with Crippen LogP contribution >= 0.6 is 0 Å². The fourth-order valence-electron chi connectivity index (χ4n) is 2.56. The molecule has 2 amide bonds. The highest BCUT2D eigenvalue weighted by Gasteiger charge is 2.14. The van der Waals surface area contributed by atoms with Gasteiger partial charge in [-0.1, -0.05) is 0 Å². The van der Waals surface area contributed by atoms with Gasteiger partial charge in [-0.3, -0.25) is 9.59 Å². The fraction of sp³-hybridized carbons (Fsp3) is 0.0476. The number of halogens is 2. The zero-order valence-electron chi connectivity index (χ0n) is 15.2. The molecule has 0 aliphatic heterocycles. The van der Waals surface area contributed by atoms with E-state index in [4.69, 9.17) is 4.74 Å². The van der Waals surface area contributed by atoms with Crippen LogP contribution < -0.4 is 15.4 Å². The van der Waals surface area contributed by atoms with Crippen molar-refractivity contribution in [3.8, 4) is 11.5 Å². The summed E-state index contributed by atoms with van der Waals surface area (Å²) in [5.74, 6) is -2.84. The van der Waals surface area contributed by atoms with Gasteiger partial charge < -0.3 is 20.5 Å². The molecule has 0 saturated heterocycles. The first-order valence-electron chi connectivity index (χ1n) is 8.41. The van der Waals surface area contributed by atoms with Crippen LogP contribution in [0.3, 0.4) is 0 Å². The van der Waals surface area contributed by atoms with Crippen LogP contribution in [0.15, 0.2) is 60.7 Å². The quantitative estimate of drug-likeness (QED) is 0.602. The number of aromatic hydroxyl groups is 1. The van der Waals surface area contributed by atoms with E-state index in [1.54, 1.807) is 24.3 Å². The maximum absolute atomic E-state index is 13.2. The largest absolute Gasteiger partial charge is 0.507 e. The molecule has 3 N–H and O–H groups in total. The molecular weight excluding hydrogens is 382 g/mol. The number of carbonyl (C=O) groups is 2.